The number of nitrogens with zero attached hydrogens (tertiary/aromatic N) is 5. The molecule has 0 atom stereocenters. The van der Waals surface area contributed by atoms with Crippen molar-refractivity contribution in [2.75, 3.05) is 44.3 Å². The highest BCUT2D eigenvalue weighted by atomic mass is 16.5. The van der Waals surface area contributed by atoms with Crippen molar-refractivity contribution in [2.24, 2.45) is 0 Å². The van der Waals surface area contributed by atoms with Crippen LogP contribution in [0.1, 0.15) is 18.4 Å². The maximum Gasteiger partial charge on any atom is 0.246 e. The molecule has 4 heterocycles. The van der Waals surface area contributed by atoms with Gasteiger partial charge in [-0.1, -0.05) is 18.7 Å². The number of pyridine rings is 1. The average molecular weight is 458 g/mol. The predicted molar refractivity (Wildman–Crippen MR) is 129 cm³/mol. The van der Waals surface area contributed by atoms with E-state index in [0.717, 1.165) is 54.0 Å². The summed E-state index contributed by atoms with van der Waals surface area (Å²) in [5, 5.41) is 14.0. The highest BCUT2D eigenvalue weighted by molar-refractivity contribution is 5.87. The number of carbonyl (C=O) groups is 1. The monoisotopic (exact) mass is 457 g/mol. The Balaban J connectivity index is 1.41. The van der Waals surface area contributed by atoms with E-state index < -0.39 is 0 Å². The number of anilines is 1. The van der Waals surface area contributed by atoms with Gasteiger partial charge in [-0.25, -0.2) is 4.52 Å². The molecule has 1 amide bonds. The maximum absolute atomic E-state index is 11.8. The number of piperazine rings is 1. The topological polar surface area (TPSA) is 83.1 Å². The van der Waals surface area contributed by atoms with Gasteiger partial charge in [0.25, 0.3) is 0 Å². The van der Waals surface area contributed by atoms with Crippen LogP contribution in [0.2, 0.25) is 0 Å². The maximum atomic E-state index is 11.8. The molecule has 2 aliphatic heterocycles. The van der Waals surface area contributed by atoms with Crippen LogP contribution in [0, 0.1) is 11.3 Å². The molecule has 174 valence electrons. The van der Waals surface area contributed by atoms with Gasteiger partial charge in [0, 0.05) is 50.3 Å². The number of rotatable bonds is 5. The number of benzene rings is 1. The first-order valence-electron chi connectivity index (χ1n) is 11.6. The number of aromatic nitrogens is 2. The van der Waals surface area contributed by atoms with E-state index in [4.69, 9.17) is 9.47 Å². The lowest BCUT2D eigenvalue weighted by molar-refractivity contribution is -0.126. The summed E-state index contributed by atoms with van der Waals surface area (Å²) < 4.78 is 13.4. The van der Waals surface area contributed by atoms with E-state index in [1.807, 2.05) is 17.2 Å². The van der Waals surface area contributed by atoms with Gasteiger partial charge in [-0.05, 0) is 29.8 Å². The van der Waals surface area contributed by atoms with Crippen molar-refractivity contribution >= 4 is 17.1 Å². The first kappa shape index (κ1) is 22.0. The minimum absolute atomic E-state index is 0.0176. The number of hydrogen-bond acceptors (Lipinski definition) is 6. The Labute approximate surface area is 198 Å². The lowest BCUT2D eigenvalue weighted by Gasteiger charge is -2.35. The SMILES string of the molecule is C=CC(=O)N1CCN(c2ccc(-c3cc(OC4CCOCC4)cn4ncc(C#N)c34)cc2)CC1. The van der Waals surface area contributed by atoms with Crippen LogP contribution >= 0.6 is 0 Å². The second-order valence-corrected chi connectivity index (χ2v) is 8.55. The summed E-state index contributed by atoms with van der Waals surface area (Å²) in [4.78, 5) is 15.9. The molecule has 3 aromatic rings. The molecular formula is C26H27N5O3. The minimum atomic E-state index is -0.0176. The van der Waals surface area contributed by atoms with Crippen molar-refractivity contribution in [1.29, 1.82) is 5.26 Å². The van der Waals surface area contributed by atoms with Gasteiger partial charge in [0.15, 0.2) is 0 Å². The molecule has 34 heavy (non-hydrogen) atoms. The van der Waals surface area contributed by atoms with E-state index in [2.05, 4.69) is 46.9 Å². The van der Waals surface area contributed by atoms with E-state index >= 15 is 0 Å². The summed E-state index contributed by atoms with van der Waals surface area (Å²) in [6, 6.07) is 12.6. The van der Waals surface area contributed by atoms with Gasteiger partial charge in [-0.15, -0.1) is 0 Å². The quantitative estimate of drug-likeness (QED) is 0.547. The first-order valence-corrected chi connectivity index (χ1v) is 11.6. The highest BCUT2D eigenvalue weighted by Crippen LogP contribution is 2.33. The van der Waals surface area contributed by atoms with Gasteiger partial charge in [-0.2, -0.15) is 10.4 Å². The van der Waals surface area contributed by atoms with Gasteiger partial charge in [0.1, 0.15) is 17.9 Å². The fraction of sp³-hybridized carbons (Fsp3) is 0.346. The second kappa shape index (κ2) is 9.57. The standard InChI is InChI=1S/C26H27N5O3/c1-2-25(32)30-11-9-29(10-12-30)21-5-3-19(4-6-21)24-15-23(34-22-7-13-33-14-8-22)18-31-26(24)20(16-27)17-28-31/h2-6,15,17-18,22H,1,7-14H2. The summed E-state index contributed by atoms with van der Waals surface area (Å²) in [5.41, 5.74) is 4.30. The Morgan fingerprint density at radius 1 is 1.18 bits per heavy atom. The molecule has 8 heteroatoms. The van der Waals surface area contributed by atoms with Gasteiger partial charge in [0.05, 0.1) is 36.7 Å². The molecule has 0 N–H and O–H groups in total. The molecule has 0 spiro atoms. The molecule has 2 saturated heterocycles. The number of nitriles is 1. The van der Waals surface area contributed by atoms with E-state index in [1.54, 1.807) is 10.7 Å². The Morgan fingerprint density at radius 3 is 2.59 bits per heavy atom. The van der Waals surface area contributed by atoms with Gasteiger partial charge >= 0.3 is 0 Å². The summed E-state index contributed by atoms with van der Waals surface area (Å²) in [6.07, 6.45) is 6.63. The molecular weight excluding hydrogens is 430 g/mol. The minimum Gasteiger partial charge on any atom is -0.489 e. The predicted octanol–water partition coefficient (Wildman–Crippen LogP) is 3.27. The van der Waals surface area contributed by atoms with Crippen LogP contribution in [0.4, 0.5) is 5.69 Å². The molecule has 2 aromatic heterocycles. The van der Waals surface area contributed by atoms with Crippen LogP contribution in [0.15, 0.2) is 55.4 Å². The number of hydrogen-bond donors (Lipinski definition) is 0. The molecule has 1 aromatic carbocycles. The summed E-state index contributed by atoms with van der Waals surface area (Å²) in [7, 11) is 0. The third-order valence-electron chi connectivity index (χ3n) is 6.49. The number of carbonyl (C=O) groups excluding carboxylic acids is 1. The Kier molecular flexibility index (Phi) is 6.19. The van der Waals surface area contributed by atoms with Crippen LogP contribution in [0.5, 0.6) is 5.75 Å². The molecule has 2 aliphatic rings. The van der Waals surface area contributed by atoms with Gasteiger partial charge < -0.3 is 19.3 Å². The number of fused-ring (bicyclic) bond motifs is 1. The third kappa shape index (κ3) is 4.35. The van der Waals surface area contributed by atoms with Crippen molar-refractivity contribution < 1.29 is 14.3 Å². The zero-order valence-corrected chi connectivity index (χ0v) is 19.0. The Hall–Kier alpha value is -3.83. The van der Waals surface area contributed by atoms with Gasteiger partial charge in [-0.3, -0.25) is 4.79 Å². The molecule has 0 saturated carbocycles. The van der Waals surface area contributed by atoms with Crippen LogP contribution in [-0.4, -0.2) is 65.9 Å². The normalized spacial score (nSPS) is 16.9. The molecule has 0 unspecified atom stereocenters. The van der Waals surface area contributed by atoms with E-state index in [0.29, 0.717) is 31.9 Å². The van der Waals surface area contributed by atoms with Gasteiger partial charge in [0.2, 0.25) is 5.91 Å². The fourth-order valence-corrected chi connectivity index (χ4v) is 4.62. The molecule has 0 bridgehead atoms. The molecule has 5 rings (SSSR count). The summed E-state index contributed by atoms with van der Waals surface area (Å²) >= 11 is 0. The number of amides is 1. The third-order valence-corrected chi connectivity index (χ3v) is 6.49. The Bertz CT molecular complexity index is 1230. The molecule has 2 fully saturated rings. The number of ether oxygens (including phenoxy) is 2. The molecule has 8 nitrogen and oxygen atoms in total. The van der Waals surface area contributed by atoms with Crippen LogP contribution in [0.3, 0.4) is 0 Å². The van der Waals surface area contributed by atoms with E-state index in [1.165, 1.54) is 6.08 Å². The lowest BCUT2D eigenvalue weighted by Crippen LogP contribution is -2.48. The zero-order chi connectivity index (χ0) is 23.5. The van der Waals surface area contributed by atoms with E-state index in [9.17, 15) is 10.1 Å². The van der Waals surface area contributed by atoms with Crippen molar-refractivity contribution in [3.63, 3.8) is 0 Å². The van der Waals surface area contributed by atoms with Crippen molar-refractivity contribution in [1.82, 2.24) is 14.5 Å². The van der Waals surface area contributed by atoms with Crippen molar-refractivity contribution in [3.05, 3.63) is 60.9 Å². The van der Waals surface area contributed by atoms with Crippen molar-refractivity contribution in [2.45, 2.75) is 18.9 Å². The fourth-order valence-electron chi connectivity index (χ4n) is 4.62. The highest BCUT2D eigenvalue weighted by Gasteiger charge is 2.21. The summed E-state index contributed by atoms with van der Waals surface area (Å²) in [6.45, 7) is 7.90. The molecule has 0 aliphatic carbocycles. The lowest BCUT2D eigenvalue weighted by atomic mass is 10.0. The molecule has 0 radical (unpaired) electrons. The van der Waals surface area contributed by atoms with Crippen LogP contribution in [-0.2, 0) is 9.53 Å². The first-order chi connectivity index (χ1) is 16.7. The average Bonchev–Trinajstić information content (AvgIpc) is 3.32. The Morgan fingerprint density at radius 2 is 1.91 bits per heavy atom. The van der Waals surface area contributed by atoms with Crippen LogP contribution < -0.4 is 9.64 Å². The van der Waals surface area contributed by atoms with Crippen molar-refractivity contribution in [3.8, 4) is 22.9 Å². The van der Waals surface area contributed by atoms with E-state index in [-0.39, 0.29) is 12.0 Å². The zero-order valence-electron chi connectivity index (χ0n) is 19.0. The smallest absolute Gasteiger partial charge is 0.246 e. The second-order valence-electron chi connectivity index (χ2n) is 8.55. The summed E-state index contributed by atoms with van der Waals surface area (Å²) in [5.74, 6) is 0.713. The largest absolute Gasteiger partial charge is 0.489 e. The van der Waals surface area contributed by atoms with Crippen LogP contribution in [0.25, 0.3) is 16.6 Å².